The molecule has 0 aliphatic heterocycles. The minimum atomic E-state index is -0.725. The highest BCUT2D eigenvalue weighted by atomic mass is 16.6. The summed E-state index contributed by atoms with van der Waals surface area (Å²) in [6.07, 6.45) is 1.44. The second-order valence-corrected chi connectivity index (χ2v) is 5.15. The van der Waals surface area contributed by atoms with Crippen molar-refractivity contribution < 1.29 is 19.2 Å². The quantitative estimate of drug-likeness (QED) is 0.545. The van der Waals surface area contributed by atoms with E-state index in [1.165, 1.54) is 12.3 Å². The summed E-state index contributed by atoms with van der Waals surface area (Å²) in [5.74, 6) is -0.613. The van der Waals surface area contributed by atoms with E-state index in [9.17, 15) is 20.0 Å². The fraction of sp³-hybridized carbons (Fsp3) is 0.0588. The summed E-state index contributed by atoms with van der Waals surface area (Å²) >= 11 is 0. The summed E-state index contributed by atoms with van der Waals surface area (Å²) < 4.78 is 5.37. The van der Waals surface area contributed by atoms with Crippen LogP contribution in [0.2, 0.25) is 0 Å². The number of benzene rings is 2. The standard InChI is InChI=1S/C17H13N3O5/c21-15-8-12(6-7-14(15)20(23)24)16(22)18-9-13-10-25-17(19-13)11-4-2-1-3-5-11/h1-8,10,21H,9H2,(H,18,22). The number of hydrogen-bond acceptors (Lipinski definition) is 6. The number of aromatic hydroxyl groups is 1. The number of rotatable bonds is 5. The number of phenols is 1. The van der Waals surface area contributed by atoms with Crippen molar-refractivity contribution in [2.24, 2.45) is 0 Å². The molecule has 0 spiro atoms. The number of carbonyl (C=O) groups is 1. The zero-order valence-corrected chi connectivity index (χ0v) is 12.9. The minimum absolute atomic E-state index is 0.106. The fourth-order valence-electron chi connectivity index (χ4n) is 2.19. The summed E-state index contributed by atoms with van der Waals surface area (Å²) in [7, 11) is 0. The van der Waals surface area contributed by atoms with Gasteiger partial charge in [-0.2, -0.15) is 0 Å². The molecule has 0 atom stereocenters. The number of hydrogen-bond donors (Lipinski definition) is 2. The number of carbonyl (C=O) groups excluding carboxylic acids is 1. The first-order valence-electron chi connectivity index (χ1n) is 7.30. The fourth-order valence-corrected chi connectivity index (χ4v) is 2.19. The Bertz CT molecular complexity index is 921. The summed E-state index contributed by atoms with van der Waals surface area (Å²) in [4.78, 5) is 26.3. The molecule has 1 aromatic heterocycles. The van der Waals surface area contributed by atoms with E-state index >= 15 is 0 Å². The van der Waals surface area contributed by atoms with Gasteiger partial charge in [0, 0.05) is 17.2 Å². The van der Waals surface area contributed by atoms with Crippen molar-refractivity contribution in [3.8, 4) is 17.2 Å². The molecule has 126 valence electrons. The molecule has 0 saturated heterocycles. The molecule has 0 bridgehead atoms. The molecule has 0 aliphatic rings. The molecular weight excluding hydrogens is 326 g/mol. The van der Waals surface area contributed by atoms with Gasteiger partial charge in [-0.15, -0.1) is 0 Å². The number of nitrogens with zero attached hydrogens (tertiary/aromatic N) is 2. The smallest absolute Gasteiger partial charge is 0.310 e. The number of nitro groups is 1. The number of oxazole rings is 1. The average molecular weight is 339 g/mol. The number of nitrogens with one attached hydrogen (secondary N) is 1. The van der Waals surface area contributed by atoms with E-state index in [2.05, 4.69) is 10.3 Å². The molecule has 3 rings (SSSR count). The molecule has 1 amide bonds. The first kappa shape index (κ1) is 16.2. The number of phenolic OH excluding ortho intramolecular Hbond substituents is 1. The first-order valence-corrected chi connectivity index (χ1v) is 7.30. The van der Waals surface area contributed by atoms with E-state index in [0.29, 0.717) is 11.6 Å². The molecule has 0 fully saturated rings. The minimum Gasteiger partial charge on any atom is -0.502 e. The second-order valence-electron chi connectivity index (χ2n) is 5.15. The van der Waals surface area contributed by atoms with Crippen molar-refractivity contribution in [2.75, 3.05) is 0 Å². The van der Waals surface area contributed by atoms with Gasteiger partial charge in [-0.05, 0) is 24.3 Å². The van der Waals surface area contributed by atoms with Gasteiger partial charge in [0.2, 0.25) is 5.89 Å². The molecule has 8 nitrogen and oxygen atoms in total. The Kier molecular flexibility index (Phi) is 4.42. The van der Waals surface area contributed by atoms with Crippen LogP contribution >= 0.6 is 0 Å². The molecule has 2 N–H and O–H groups in total. The molecule has 8 heteroatoms. The largest absolute Gasteiger partial charge is 0.502 e. The van der Waals surface area contributed by atoms with Crippen molar-refractivity contribution in [3.63, 3.8) is 0 Å². The van der Waals surface area contributed by atoms with Gasteiger partial charge in [-0.3, -0.25) is 14.9 Å². The summed E-state index contributed by atoms with van der Waals surface area (Å²) in [5, 5.41) is 22.8. The van der Waals surface area contributed by atoms with Crippen LogP contribution in [-0.2, 0) is 6.54 Å². The normalized spacial score (nSPS) is 10.4. The van der Waals surface area contributed by atoms with Crippen molar-refractivity contribution >= 4 is 11.6 Å². The number of nitro benzene ring substituents is 1. The number of amides is 1. The molecule has 1 heterocycles. The molecule has 0 saturated carbocycles. The Morgan fingerprint density at radius 2 is 2.00 bits per heavy atom. The van der Waals surface area contributed by atoms with Crippen LogP contribution in [0.3, 0.4) is 0 Å². The van der Waals surface area contributed by atoms with Crippen LogP contribution in [0.15, 0.2) is 59.2 Å². The van der Waals surface area contributed by atoms with E-state index in [1.54, 1.807) is 0 Å². The topological polar surface area (TPSA) is 119 Å². The Morgan fingerprint density at radius 1 is 1.24 bits per heavy atom. The van der Waals surface area contributed by atoms with Crippen LogP contribution in [-0.4, -0.2) is 20.9 Å². The maximum atomic E-state index is 12.1. The van der Waals surface area contributed by atoms with Crippen LogP contribution in [0.25, 0.3) is 11.5 Å². The average Bonchev–Trinajstić information content (AvgIpc) is 3.09. The summed E-state index contributed by atoms with van der Waals surface area (Å²) in [5.41, 5.74) is 0.995. The Morgan fingerprint density at radius 3 is 2.68 bits per heavy atom. The summed E-state index contributed by atoms with van der Waals surface area (Å²) in [6, 6.07) is 12.7. The van der Waals surface area contributed by atoms with Gasteiger partial charge in [-0.25, -0.2) is 4.98 Å². The maximum Gasteiger partial charge on any atom is 0.310 e. The highest BCUT2D eigenvalue weighted by Gasteiger charge is 2.16. The van der Waals surface area contributed by atoms with E-state index < -0.39 is 22.3 Å². The monoisotopic (exact) mass is 339 g/mol. The SMILES string of the molecule is O=C(NCc1coc(-c2ccccc2)n1)c1ccc([N+](=O)[O-])c(O)c1. The highest BCUT2D eigenvalue weighted by molar-refractivity contribution is 5.94. The van der Waals surface area contributed by atoms with Crippen LogP contribution in [0, 0.1) is 10.1 Å². The van der Waals surface area contributed by atoms with Gasteiger partial charge < -0.3 is 14.8 Å². The lowest BCUT2D eigenvalue weighted by molar-refractivity contribution is -0.385. The van der Waals surface area contributed by atoms with E-state index in [4.69, 9.17) is 4.42 Å². The van der Waals surface area contributed by atoms with E-state index in [1.807, 2.05) is 30.3 Å². The third kappa shape index (κ3) is 3.63. The van der Waals surface area contributed by atoms with Crippen LogP contribution in [0.1, 0.15) is 16.1 Å². The van der Waals surface area contributed by atoms with Gasteiger partial charge in [0.15, 0.2) is 5.75 Å². The molecule has 2 aromatic carbocycles. The van der Waals surface area contributed by atoms with Crippen molar-refractivity contribution in [1.29, 1.82) is 0 Å². The zero-order chi connectivity index (χ0) is 17.8. The van der Waals surface area contributed by atoms with Crippen LogP contribution in [0.4, 0.5) is 5.69 Å². The van der Waals surface area contributed by atoms with Crippen LogP contribution in [0.5, 0.6) is 5.75 Å². The third-order valence-electron chi connectivity index (χ3n) is 3.44. The Labute approximate surface area is 141 Å². The van der Waals surface area contributed by atoms with Gasteiger partial charge >= 0.3 is 5.69 Å². The number of aromatic nitrogens is 1. The maximum absolute atomic E-state index is 12.1. The van der Waals surface area contributed by atoms with Crippen molar-refractivity contribution in [3.05, 3.63) is 76.2 Å². The van der Waals surface area contributed by atoms with Gasteiger partial charge in [-0.1, -0.05) is 18.2 Å². The van der Waals surface area contributed by atoms with E-state index in [-0.39, 0.29) is 12.1 Å². The first-order chi connectivity index (χ1) is 12.0. The van der Waals surface area contributed by atoms with E-state index in [0.717, 1.165) is 17.7 Å². The lowest BCUT2D eigenvalue weighted by Crippen LogP contribution is -2.22. The van der Waals surface area contributed by atoms with Gasteiger partial charge in [0.25, 0.3) is 5.91 Å². The van der Waals surface area contributed by atoms with Gasteiger partial charge in [0.05, 0.1) is 17.2 Å². The molecule has 0 aliphatic carbocycles. The highest BCUT2D eigenvalue weighted by Crippen LogP contribution is 2.26. The predicted octanol–water partition coefficient (Wildman–Crippen LogP) is 2.89. The molecule has 0 unspecified atom stereocenters. The molecule has 3 aromatic rings. The Balaban J connectivity index is 1.66. The lowest BCUT2D eigenvalue weighted by atomic mass is 10.2. The molecular formula is C17H13N3O5. The van der Waals surface area contributed by atoms with Gasteiger partial charge in [0.1, 0.15) is 6.26 Å². The van der Waals surface area contributed by atoms with Crippen molar-refractivity contribution in [1.82, 2.24) is 10.3 Å². The third-order valence-corrected chi connectivity index (χ3v) is 3.44. The molecule has 0 radical (unpaired) electrons. The van der Waals surface area contributed by atoms with Crippen molar-refractivity contribution in [2.45, 2.75) is 6.54 Å². The summed E-state index contributed by atoms with van der Waals surface area (Å²) in [6.45, 7) is 0.118. The zero-order valence-electron chi connectivity index (χ0n) is 12.9. The Hall–Kier alpha value is -3.68. The van der Waals surface area contributed by atoms with Crippen LogP contribution < -0.4 is 5.32 Å². The second kappa shape index (κ2) is 6.83. The molecule has 25 heavy (non-hydrogen) atoms. The predicted molar refractivity (Wildman–Crippen MR) is 87.9 cm³/mol. The lowest BCUT2D eigenvalue weighted by Gasteiger charge is -2.04.